The second-order valence-corrected chi connectivity index (χ2v) is 7.86. The van der Waals surface area contributed by atoms with Gasteiger partial charge in [-0.1, -0.05) is 57.7 Å². The third kappa shape index (κ3) is 9.90. The molecule has 0 saturated heterocycles. The zero-order valence-corrected chi connectivity index (χ0v) is 19.4. The second kappa shape index (κ2) is 15.0. The highest BCUT2D eigenvalue weighted by molar-refractivity contribution is 5.91. The van der Waals surface area contributed by atoms with Gasteiger partial charge in [0.25, 0.3) is 0 Å². The van der Waals surface area contributed by atoms with Crippen molar-refractivity contribution in [2.45, 2.75) is 58.8 Å². The van der Waals surface area contributed by atoms with E-state index in [0.717, 1.165) is 61.2 Å². The first-order valence-corrected chi connectivity index (χ1v) is 11.8. The van der Waals surface area contributed by atoms with Gasteiger partial charge in [0.1, 0.15) is 5.75 Å². The molecule has 174 valence electrons. The molecule has 2 rings (SSSR count). The van der Waals surface area contributed by atoms with Crippen molar-refractivity contribution in [2.24, 2.45) is 0 Å². The molecule has 1 amide bonds. The van der Waals surface area contributed by atoms with Gasteiger partial charge in [0.05, 0.1) is 13.2 Å². The van der Waals surface area contributed by atoms with Gasteiger partial charge in [-0.15, -0.1) is 0 Å². The first-order valence-electron chi connectivity index (χ1n) is 11.8. The van der Waals surface area contributed by atoms with E-state index in [4.69, 9.17) is 9.47 Å². The van der Waals surface area contributed by atoms with E-state index in [0.29, 0.717) is 26.2 Å². The average Bonchev–Trinajstić information content (AvgIpc) is 2.80. The highest BCUT2D eigenvalue weighted by Gasteiger charge is 2.07. The number of rotatable bonds is 15. The molecule has 0 aromatic heterocycles. The van der Waals surface area contributed by atoms with Crippen LogP contribution in [0.15, 0.2) is 48.5 Å². The third-order valence-electron chi connectivity index (χ3n) is 5.06. The number of carbonyl (C=O) groups excluding carboxylic acids is 1. The highest BCUT2D eigenvalue weighted by Crippen LogP contribution is 2.29. The molecule has 0 fully saturated rings. The lowest BCUT2D eigenvalue weighted by Crippen LogP contribution is -2.23. The number of hydrogen-bond donors (Lipinski definition) is 2. The normalized spacial score (nSPS) is 10.9. The van der Waals surface area contributed by atoms with Crippen LogP contribution in [0.4, 0.5) is 0 Å². The quantitative estimate of drug-likeness (QED) is 0.268. The molecule has 32 heavy (non-hydrogen) atoms. The van der Waals surface area contributed by atoms with E-state index in [1.54, 1.807) is 18.2 Å². The first-order chi connectivity index (χ1) is 15.6. The van der Waals surface area contributed by atoms with Gasteiger partial charge in [-0.25, -0.2) is 0 Å². The highest BCUT2D eigenvalue weighted by atomic mass is 16.5. The third-order valence-corrected chi connectivity index (χ3v) is 5.06. The summed E-state index contributed by atoms with van der Waals surface area (Å²) in [6.45, 7) is 6.21. The number of carbonyl (C=O) groups is 1. The Morgan fingerprint density at radius 2 is 1.56 bits per heavy atom. The number of amides is 1. The summed E-state index contributed by atoms with van der Waals surface area (Å²) >= 11 is 0. The van der Waals surface area contributed by atoms with Crippen molar-refractivity contribution >= 4 is 12.0 Å². The molecule has 5 nitrogen and oxygen atoms in total. The summed E-state index contributed by atoms with van der Waals surface area (Å²) in [5.41, 5.74) is 1.96. The molecule has 0 atom stereocenters. The second-order valence-electron chi connectivity index (χ2n) is 7.86. The van der Waals surface area contributed by atoms with Crippen molar-refractivity contribution in [2.75, 3.05) is 19.8 Å². The van der Waals surface area contributed by atoms with Crippen LogP contribution < -0.4 is 14.8 Å². The van der Waals surface area contributed by atoms with Crippen LogP contribution in [0.3, 0.4) is 0 Å². The predicted molar refractivity (Wildman–Crippen MR) is 130 cm³/mol. The number of aromatic hydroxyl groups is 1. The van der Waals surface area contributed by atoms with Crippen LogP contribution in [0.5, 0.6) is 17.2 Å². The molecule has 2 N–H and O–H groups in total. The van der Waals surface area contributed by atoms with Crippen LogP contribution in [-0.4, -0.2) is 30.8 Å². The molecule has 0 unspecified atom stereocenters. The molecule has 5 heteroatoms. The minimum Gasteiger partial charge on any atom is -0.508 e. The zero-order valence-electron chi connectivity index (χ0n) is 19.4. The van der Waals surface area contributed by atoms with Crippen molar-refractivity contribution in [1.29, 1.82) is 0 Å². The topological polar surface area (TPSA) is 67.8 Å². The molecule has 0 aliphatic heterocycles. The van der Waals surface area contributed by atoms with Crippen molar-refractivity contribution in [3.05, 3.63) is 59.7 Å². The Morgan fingerprint density at radius 1 is 0.906 bits per heavy atom. The standard InChI is InChI=1S/C27H37NO4/c1-3-5-7-19-31-25-15-11-23(21-26(25)32-20-8-6-4-2)12-16-27(30)28-18-17-22-9-13-24(29)14-10-22/h9-16,21,29H,3-8,17-20H2,1-2H3,(H,28,30)/b16-12+. The molecular weight excluding hydrogens is 402 g/mol. The van der Waals surface area contributed by atoms with Crippen LogP contribution in [0.1, 0.15) is 63.5 Å². The monoisotopic (exact) mass is 439 g/mol. The number of benzene rings is 2. The Kier molecular flexibility index (Phi) is 11.8. The van der Waals surface area contributed by atoms with E-state index in [9.17, 15) is 9.90 Å². The van der Waals surface area contributed by atoms with Gasteiger partial charge < -0.3 is 19.9 Å². The average molecular weight is 440 g/mol. The van der Waals surface area contributed by atoms with Gasteiger partial charge in [-0.2, -0.15) is 0 Å². The van der Waals surface area contributed by atoms with Crippen LogP contribution in [0.25, 0.3) is 6.08 Å². The lowest BCUT2D eigenvalue weighted by molar-refractivity contribution is -0.116. The molecule has 0 saturated carbocycles. The van der Waals surface area contributed by atoms with Crippen molar-refractivity contribution in [3.63, 3.8) is 0 Å². The molecule has 2 aromatic rings. The Bertz CT molecular complexity index is 830. The fourth-order valence-corrected chi connectivity index (χ4v) is 3.15. The van der Waals surface area contributed by atoms with E-state index < -0.39 is 0 Å². The van der Waals surface area contributed by atoms with Gasteiger partial charge in [0.15, 0.2) is 11.5 Å². The molecule has 2 aromatic carbocycles. The van der Waals surface area contributed by atoms with Crippen LogP contribution in [0.2, 0.25) is 0 Å². The maximum Gasteiger partial charge on any atom is 0.244 e. The van der Waals surface area contributed by atoms with Crippen LogP contribution in [-0.2, 0) is 11.2 Å². The fourth-order valence-electron chi connectivity index (χ4n) is 3.15. The Balaban J connectivity index is 1.90. The molecule has 0 spiro atoms. The minimum absolute atomic E-state index is 0.144. The molecular formula is C27H37NO4. The maximum absolute atomic E-state index is 12.2. The van der Waals surface area contributed by atoms with Crippen molar-refractivity contribution < 1.29 is 19.4 Å². The number of nitrogens with one attached hydrogen (secondary N) is 1. The smallest absolute Gasteiger partial charge is 0.244 e. The van der Waals surface area contributed by atoms with Crippen molar-refractivity contribution in [1.82, 2.24) is 5.32 Å². The van der Waals surface area contributed by atoms with E-state index >= 15 is 0 Å². The lowest BCUT2D eigenvalue weighted by atomic mass is 10.1. The summed E-state index contributed by atoms with van der Waals surface area (Å²) in [5, 5.41) is 12.2. The van der Waals surface area contributed by atoms with Gasteiger partial charge in [0, 0.05) is 12.6 Å². The largest absolute Gasteiger partial charge is 0.508 e. The van der Waals surface area contributed by atoms with Gasteiger partial charge in [0.2, 0.25) is 5.91 Å². The summed E-state index contributed by atoms with van der Waals surface area (Å²) in [6.07, 6.45) is 10.7. The number of unbranched alkanes of at least 4 members (excludes halogenated alkanes) is 4. The maximum atomic E-state index is 12.2. The van der Waals surface area contributed by atoms with E-state index in [2.05, 4.69) is 19.2 Å². The first kappa shape index (κ1) is 25.3. The summed E-state index contributed by atoms with van der Waals surface area (Å²) in [5.74, 6) is 1.58. The summed E-state index contributed by atoms with van der Waals surface area (Å²) in [6, 6.07) is 12.8. The Hall–Kier alpha value is -2.95. The Labute approximate surface area is 192 Å². The summed E-state index contributed by atoms with van der Waals surface area (Å²) in [4.78, 5) is 12.2. The zero-order chi connectivity index (χ0) is 23.0. The number of phenols is 1. The number of hydrogen-bond acceptors (Lipinski definition) is 4. The molecule has 0 radical (unpaired) electrons. The fraction of sp³-hybridized carbons (Fsp3) is 0.444. The van der Waals surface area contributed by atoms with E-state index in [1.807, 2.05) is 30.3 Å². The van der Waals surface area contributed by atoms with Crippen molar-refractivity contribution in [3.8, 4) is 17.2 Å². The van der Waals surface area contributed by atoms with E-state index in [1.165, 1.54) is 6.08 Å². The minimum atomic E-state index is -0.144. The number of phenolic OH excluding ortho intramolecular Hbond substituents is 1. The van der Waals surface area contributed by atoms with Crippen LogP contribution >= 0.6 is 0 Å². The van der Waals surface area contributed by atoms with Gasteiger partial charge in [-0.05, 0) is 60.7 Å². The number of ether oxygens (including phenoxy) is 2. The molecule has 0 bridgehead atoms. The summed E-state index contributed by atoms with van der Waals surface area (Å²) < 4.78 is 11.9. The van der Waals surface area contributed by atoms with Crippen LogP contribution in [0, 0.1) is 0 Å². The van der Waals surface area contributed by atoms with E-state index in [-0.39, 0.29) is 11.7 Å². The molecule has 0 heterocycles. The molecule has 0 aliphatic carbocycles. The van der Waals surface area contributed by atoms with Gasteiger partial charge >= 0.3 is 0 Å². The van der Waals surface area contributed by atoms with Gasteiger partial charge in [-0.3, -0.25) is 4.79 Å². The molecule has 0 aliphatic rings. The summed E-state index contributed by atoms with van der Waals surface area (Å²) in [7, 11) is 0. The lowest BCUT2D eigenvalue weighted by Gasteiger charge is -2.13. The Morgan fingerprint density at radius 3 is 2.22 bits per heavy atom. The SMILES string of the molecule is CCCCCOc1ccc(/C=C/C(=O)NCCc2ccc(O)cc2)cc1OCCCCC. The predicted octanol–water partition coefficient (Wildman–Crippen LogP) is 5.90.